The van der Waals surface area contributed by atoms with E-state index >= 15 is 0 Å². The Balaban J connectivity index is 1.30. The molecule has 0 radical (unpaired) electrons. The molecule has 0 spiro atoms. The minimum absolute atomic E-state index is 0.0111. The third kappa shape index (κ3) is 4.68. The summed E-state index contributed by atoms with van der Waals surface area (Å²) in [6.07, 6.45) is -2.55. The lowest BCUT2D eigenvalue weighted by atomic mass is 9.98. The zero-order valence-electron chi connectivity index (χ0n) is 18.1. The average Bonchev–Trinajstić information content (AvgIpc) is 3.16. The van der Waals surface area contributed by atoms with Gasteiger partial charge in [0.1, 0.15) is 24.7 Å². The molecule has 0 saturated carbocycles. The Bertz CT molecular complexity index is 1170. The van der Waals surface area contributed by atoms with Gasteiger partial charge in [0.25, 0.3) is 5.69 Å². The molecule has 0 aliphatic heterocycles. The first-order chi connectivity index (χ1) is 16.4. The molecule has 1 heterocycles. The molecule has 0 bridgehead atoms. The standard InChI is InChI=1S/C24H24N4O6/c25-23-19(11-14(12-27-23)28(32)33)22(30)21(29)9-10-26-24(31)34-13-20-17-7-3-1-5-15(17)16-6-2-4-8-18(16)20/h1-8,11-12,20-22,29-30H,9-10,13H2,(H2,25,27)(H,26,31). The van der Waals surface area contributed by atoms with Crippen molar-refractivity contribution in [1.82, 2.24) is 10.3 Å². The molecule has 2 aromatic carbocycles. The maximum absolute atomic E-state index is 12.2. The second-order valence-corrected chi connectivity index (χ2v) is 7.98. The highest BCUT2D eigenvalue weighted by atomic mass is 16.6. The van der Waals surface area contributed by atoms with Crippen molar-refractivity contribution in [3.05, 3.63) is 87.6 Å². The Labute approximate surface area is 195 Å². The lowest BCUT2D eigenvalue weighted by molar-refractivity contribution is -0.385. The smallest absolute Gasteiger partial charge is 0.407 e. The van der Waals surface area contributed by atoms with Gasteiger partial charge in [0.15, 0.2) is 0 Å². The van der Waals surface area contributed by atoms with Gasteiger partial charge in [-0.25, -0.2) is 9.78 Å². The lowest BCUT2D eigenvalue weighted by Gasteiger charge is -2.19. The van der Waals surface area contributed by atoms with Crippen molar-refractivity contribution in [3.8, 4) is 11.1 Å². The Morgan fingerprint density at radius 3 is 2.38 bits per heavy atom. The lowest BCUT2D eigenvalue weighted by Crippen LogP contribution is -2.31. The fraction of sp³-hybridized carbons (Fsp3) is 0.250. The van der Waals surface area contributed by atoms with Gasteiger partial charge in [-0.05, 0) is 28.7 Å². The van der Waals surface area contributed by atoms with E-state index in [4.69, 9.17) is 10.5 Å². The first kappa shape index (κ1) is 23.1. The molecule has 5 N–H and O–H groups in total. The summed E-state index contributed by atoms with van der Waals surface area (Å²) in [5, 5.41) is 34.1. The van der Waals surface area contributed by atoms with Gasteiger partial charge in [-0.3, -0.25) is 10.1 Å². The molecule has 2 atom stereocenters. The summed E-state index contributed by atoms with van der Waals surface area (Å²) in [6, 6.07) is 17.1. The van der Waals surface area contributed by atoms with Gasteiger partial charge in [0, 0.05) is 24.1 Å². The highest BCUT2D eigenvalue weighted by Crippen LogP contribution is 2.44. The van der Waals surface area contributed by atoms with Crippen molar-refractivity contribution in [2.75, 3.05) is 18.9 Å². The fourth-order valence-corrected chi connectivity index (χ4v) is 4.15. The van der Waals surface area contributed by atoms with Gasteiger partial charge in [-0.15, -0.1) is 0 Å². The SMILES string of the molecule is Nc1ncc([N+](=O)[O-])cc1C(O)C(O)CCNC(=O)OCC1c2ccccc2-c2ccccc21. The second-order valence-electron chi connectivity index (χ2n) is 7.98. The number of amides is 1. The van der Waals surface area contributed by atoms with Crippen LogP contribution in [-0.2, 0) is 4.74 Å². The zero-order chi connectivity index (χ0) is 24.2. The molecule has 0 fully saturated rings. The van der Waals surface area contributed by atoms with Crippen LogP contribution in [0.15, 0.2) is 60.8 Å². The Morgan fingerprint density at radius 2 is 1.76 bits per heavy atom. The molecule has 10 heteroatoms. The van der Waals surface area contributed by atoms with E-state index in [2.05, 4.69) is 10.3 Å². The number of benzene rings is 2. The van der Waals surface area contributed by atoms with Crippen LogP contribution in [-0.4, -0.2) is 45.5 Å². The van der Waals surface area contributed by atoms with Crippen LogP contribution in [0.5, 0.6) is 0 Å². The molecular formula is C24H24N4O6. The topological polar surface area (TPSA) is 161 Å². The third-order valence-electron chi connectivity index (χ3n) is 5.88. The number of ether oxygens (including phenoxy) is 1. The number of aromatic nitrogens is 1. The molecule has 4 rings (SSSR count). The maximum atomic E-state index is 12.2. The van der Waals surface area contributed by atoms with Crippen LogP contribution in [0, 0.1) is 10.1 Å². The predicted molar refractivity (Wildman–Crippen MR) is 124 cm³/mol. The molecule has 3 aromatic rings. The van der Waals surface area contributed by atoms with Crippen molar-refractivity contribution < 1.29 is 24.7 Å². The maximum Gasteiger partial charge on any atom is 0.407 e. The van der Waals surface area contributed by atoms with Gasteiger partial charge in [-0.1, -0.05) is 48.5 Å². The van der Waals surface area contributed by atoms with E-state index in [9.17, 15) is 25.1 Å². The van der Waals surface area contributed by atoms with Crippen molar-refractivity contribution in [2.45, 2.75) is 24.5 Å². The van der Waals surface area contributed by atoms with Crippen LogP contribution < -0.4 is 11.1 Å². The minimum atomic E-state index is -1.50. The molecule has 34 heavy (non-hydrogen) atoms. The van der Waals surface area contributed by atoms with Crippen LogP contribution >= 0.6 is 0 Å². The summed E-state index contributed by atoms with van der Waals surface area (Å²) in [7, 11) is 0. The number of pyridine rings is 1. The summed E-state index contributed by atoms with van der Waals surface area (Å²) in [6.45, 7) is 0.165. The van der Waals surface area contributed by atoms with E-state index in [0.29, 0.717) is 0 Å². The monoisotopic (exact) mass is 464 g/mol. The van der Waals surface area contributed by atoms with Gasteiger partial charge in [-0.2, -0.15) is 0 Å². The number of hydrogen-bond donors (Lipinski definition) is 4. The second kappa shape index (κ2) is 9.86. The van der Waals surface area contributed by atoms with Crippen molar-refractivity contribution in [1.29, 1.82) is 0 Å². The molecule has 10 nitrogen and oxygen atoms in total. The number of carbonyl (C=O) groups is 1. The Morgan fingerprint density at radius 1 is 1.15 bits per heavy atom. The van der Waals surface area contributed by atoms with Crippen LogP contribution in [0.1, 0.15) is 35.1 Å². The van der Waals surface area contributed by atoms with E-state index < -0.39 is 23.2 Å². The normalized spacial score (nSPS) is 14.1. The number of carbonyl (C=O) groups excluding carboxylic acids is 1. The van der Waals surface area contributed by atoms with E-state index in [1.807, 2.05) is 48.5 Å². The Kier molecular flexibility index (Phi) is 6.71. The summed E-state index contributed by atoms with van der Waals surface area (Å²) < 4.78 is 5.43. The third-order valence-corrected chi connectivity index (χ3v) is 5.88. The summed E-state index contributed by atoms with van der Waals surface area (Å²) in [5.74, 6) is -0.198. The largest absolute Gasteiger partial charge is 0.449 e. The number of alkyl carbamates (subject to hydrolysis) is 1. The highest BCUT2D eigenvalue weighted by Gasteiger charge is 2.29. The predicted octanol–water partition coefficient (Wildman–Crippen LogP) is 2.90. The number of aliphatic hydroxyl groups is 2. The number of nitro groups is 1. The zero-order valence-corrected chi connectivity index (χ0v) is 18.1. The molecule has 1 aliphatic carbocycles. The quantitative estimate of drug-likeness (QED) is 0.292. The van der Waals surface area contributed by atoms with Crippen molar-refractivity contribution in [3.63, 3.8) is 0 Å². The number of nitrogen functional groups attached to an aromatic ring is 1. The number of rotatable bonds is 8. The highest BCUT2D eigenvalue weighted by molar-refractivity contribution is 5.79. The minimum Gasteiger partial charge on any atom is -0.449 e. The summed E-state index contributed by atoms with van der Waals surface area (Å²) in [4.78, 5) is 26.2. The van der Waals surface area contributed by atoms with Gasteiger partial charge >= 0.3 is 6.09 Å². The molecule has 0 saturated heterocycles. The van der Waals surface area contributed by atoms with E-state index in [0.717, 1.165) is 34.5 Å². The number of nitrogens with zero attached hydrogens (tertiary/aromatic N) is 2. The van der Waals surface area contributed by atoms with Crippen LogP contribution in [0.25, 0.3) is 11.1 Å². The Hall–Kier alpha value is -4.02. The fourth-order valence-electron chi connectivity index (χ4n) is 4.15. The van der Waals surface area contributed by atoms with Gasteiger partial charge in [0.2, 0.25) is 0 Å². The van der Waals surface area contributed by atoms with Gasteiger partial charge < -0.3 is 26.0 Å². The van der Waals surface area contributed by atoms with E-state index in [1.54, 1.807) is 0 Å². The van der Waals surface area contributed by atoms with Crippen LogP contribution in [0.3, 0.4) is 0 Å². The number of anilines is 1. The molecular weight excluding hydrogens is 440 g/mol. The van der Waals surface area contributed by atoms with Gasteiger partial charge in [0.05, 0.1) is 11.0 Å². The van der Waals surface area contributed by atoms with Crippen molar-refractivity contribution >= 4 is 17.6 Å². The molecule has 2 unspecified atom stereocenters. The molecule has 1 aromatic heterocycles. The van der Waals surface area contributed by atoms with E-state index in [1.165, 1.54) is 0 Å². The molecule has 1 amide bonds. The molecule has 176 valence electrons. The first-order valence-corrected chi connectivity index (χ1v) is 10.7. The number of fused-ring (bicyclic) bond motifs is 3. The number of aliphatic hydroxyl groups excluding tert-OH is 2. The number of nitrogens with two attached hydrogens (primary N) is 1. The van der Waals surface area contributed by atoms with E-state index in [-0.39, 0.29) is 42.6 Å². The van der Waals surface area contributed by atoms with Crippen molar-refractivity contribution in [2.24, 2.45) is 0 Å². The number of hydrogen-bond acceptors (Lipinski definition) is 8. The summed E-state index contributed by atoms with van der Waals surface area (Å²) >= 11 is 0. The average molecular weight is 464 g/mol. The summed E-state index contributed by atoms with van der Waals surface area (Å²) in [5.41, 5.74) is 9.71. The number of nitrogens with one attached hydrogen (secondary N) is 1. The first-order valence-electron chi connectivity index (χ1n) is 10.7. The van der Waals surface area contributed by atoms with Crippen LogP contribution in [0.4, 0.5) is 16.3 Å². The molecule has 1 aliphatic rings. The van der Waals surface area contributed by atoms with Crippen LogP contribution in [0.2, 0.25) is 0 Å².